The summed E-state index contributed by atoms with van der Waals surface area (Å²) in [6.45, 7) is 0. The SMILES string of the molecule is c1ccc(-c2ccc3c(c2)c2cc(-c4ccc5c(c4)Oc4cccc6c4N5c4ccccc4O6)ccc2n3-c2ccccc2)cc1. The van der Waals surface area contributed by atoms with Gasteiger partial charge in [0.25, 0.3) is 0 Å². The average Bonchev–Trinajstić information content (AvgIpc) is 3.45. The van der Waals surface area contributed by atoms with Crippen LogP contribution in [0.3, 0.4) is 0 Å². The van der Waals surface area contributed by atoms with Gasteiger partial charge in [0.05, 0.1) is 22.4 Å². The van der Waals surface area contributed by atoms with Crippen LogP contribution in [0.5, 0.6) is 23.0 Å². The van der Waals surface area contributed by atoms with Crippen molar-refractivity contribution in [3.63, 3.8) is 0 Å². The lowest BCUT2D eigenvalue weighted by molar-refractivity contribution is 0.446. The highest BCUT2D eigenvalue weighted by Crippen LogP contribution is 2.59. The number of ether oxygens (including phenoxy) is 2. The quantitative estimate of drug-likeness (QED) is 0.205. The topological polar surface area (TPSA) is 26.6 Å². The molecule has 1 aromatic heterocycles. The van der Waals surface area contributed by atoms with Crippen molar-refractivity contribution in [2.45, 2.75) is 0 Å². The Labute approximate surface area is 265 Å². The molecule has 0 saturated carbocycles. The summed E-state index contributed by atoms with van der Waals surface area (Å²) in [4.78, 5) is 2.26. The van der Waals surface area contributed by atoms with E-state index in [1.807, 2.05) is 36.4 Å². The van der Waals surface area contributed by atoms with Gasteiger partial charge < -0.3 is 14.0 Å². The summed E-state index contributed by atoms with van der Waals surface area (Å²) in [6, 6.07) is 55.5. The Hall–Kier alpha value is -6.26. The first-order valence-electron chi connectivity index (χ1n) is 15.5. The highest BCUT2D eigenvalue weighted by molar-refractivity contribution is 6.11. The third-order valence-electron chi connectivity index (χ3n) is 9.15. The molecule has 0 radical (unpaired) electrons. The third kappa shape index (κ3) is 3.67. The Morgan fingerprint density at radius 1 is 0.370 bits per heavy atom. The molecule has 8 aromatic rings. The molecule has 0 N–H and O–H groups in total. The summed E-state index contributed by atoms with van der Waals surface area (Å²) in [5, 5.41) is 2.44. The minimum absolute atomic E-state index is 0.784. The average molecular weight is 591 g/mol. The first-order chi connectivity index (χ1) is 22.8. The van der Waals surface area contributed by atoms with Crippen molar-refractivity contribution in [1.82, 2.24) is 4.57 Å². The van der Waals surface area contributed by atoms with Gasteiger partial charge in [-0.05, 0) is 95.1 Å². The molecule has 216 valence electrons. The van der Waals surface area contributed by atoms with Crippen LogP contribution in [-0.4, -0.2) is 4.57 Å². The lowest BCUT2D eigenvalue weighted by Crippen LogP contribution is -2.20. The number of anilines is 3. The van der Waals surface area contributed by atoms with Crippen LogP contribution in [0, 0.1) is 0 Å². The van der Waals surface area contributed by atoms with Crippen molar-refractivity contribution in [3.05, 3.63) is 158 Å². The van der Waals surface area contributed by atoms with Crippen LogP contribution < -0.4 is 14.4 Å². The molecule has 2 aliphatic heterocycles. The number of hydrogen-bond donors (Lipinski definition) is 0. The van der Waals surface area contributed by atoms with Crippen LogP contribution in [0.4, 0.5) is 17.1 Å². The molecular weight excluding hydrogens is 564 g/mol. The van der Waals surface area contributed by atoms with E-state index < -0.39 is 0 Å². The van der Waals surface area contributed by atoms with Gasteiger partial charge in [-0.1, -0.05) is 84.9 Å². The summed E-state index contributed by atoms with van der Waals surface area (Å²) in [6.07, 6.45) is 0. The van der Waals surface area contributed by atoms with Crippen molar-refractivity contribution in [1.29, 1.82) is 0 Å². The second-order valence-electron chi connectivity index (χ2n) is 11.8. The molecule has 0 spiro atoms. The Balaban J connectivity index is 1.15. The van der Waals surface area contributed by atoms with Gasteiger partial charge in [-0.2, -0.15) is 0 Å². The van der Waals surface area contributed by atoms with Gasteiger partial charge >= 0.3 is 0 Å². The normalized spacial score (nSPS) is 12.7. The Kier molecular flexibility index (Phi) is 5.25. The largest absolute Gasteiger partial charge is 0.453 e. The smallest absolute Gasteiger partial charge is 0.155 e. The molecule has 4 nitrogen and oxygen atoms in total. The van der Waals surface area contributed by atoms with E-state index >= 15 is 0 Å². The molecule has 0 atom stereocenters. The van der Waals surface area contributed by atoms with Gasteiger partial charge in [0.1, 0.15) is 5.69 Å². The molecule has 0 bridgehead atoms. The van der Waals surface area contributed by atoms with Crippen molar-refractivity contribution >= 4 is 38.9 Å². The summed E-state index contributed by atoms with van der Waals surface area (Å²) in [7, 11) is 0. The van der Waals surface area contributed by atoms with Gasteiger partial charge in [-0.15, -0.1) is 0 Å². The minimum atomic E-state index is 0.784. The second-order valence-corrected chi connectivity index (χ2v) is 11.8. The minimum Gasteiger partial charge on any atom is -0.453 e. The molecule has 0 saturated heterocycles. The highest BCUT2D eigenvalue weighted by Gasteiger charge is 2.34. The summed E-state index contributed by atoms with van der Waals surface area (Å²) in [5.74, 6) is 3.23. The Morgan fingerprint density at radius 3 is 1.65 bits per heavy atom. The molecular formula is C42H26N2O2. The van der Waals surface area contributed by atoms with E-state index in [1.54, 1.807) is 0 Å². The fourth-order valence-corrected chi connectivity index (χ4v) is 7.05. The number of rotatable bonds is 3. The molecule has 2 aliphatic rings. The molecule has 46 heavy (non-hydrogen) atoms. The van der Waals surface area contributed by atoms with Gasteiger partial charge in [-0.25, -0.2) is 0 Å². The molecule has 3 heterocycles. The Morgan fingerprint density at radius 2 is 0.913 bits per heavy atom. The fraction of sp³-hybridized carbons (Fsp3) is 0. The monoisotopic (exact) mass is 590 g/mol. The maximum atomic E-state index is 6.56. The zero-order chi connectivity index (χ0) is 30.2. The van der Waals surface area contributed by atoms with Crippen molar-refractivity contribution in [3.8, 4) is 50.9 Å². The predicted molar refractivity (Wildman–Crippen MR) is 186 cm³/mol. The highest BCUT2D eigenvalue weighted by atomic mass is 16.5. The number of aromatic nitrogens is 1. The second kappa shape index (κ2) is 9.62. The molecule has 7 aromatic carbocycles. The van der Waals surface area contributed by atoms with Crippen LogP contribution in [0.1, 0.15) is 0 Å². The van der Waals surface area contributed by atoms with Crippen molar-refractivity contribution < 1.29 is 9.47 Å². The Bertz CT molecular complexity index is 2480. The van der Waals surface area contributed by atoms with E-state index in [0.717, 1.165) is 56.9 Å². The maximum absolute atomic E-state index is 6.56. The summed E-state index contributed by atoms with van der Waals surface area (Å²) in [5.41, 5.74) is 11.1. The first kappa shape index (κ1) is 25.1. The van der Waals surface area contributed by atoms with Gasteiger partial charge in [0.15, 0.2) is 23.0 Å². The fourth-order valence-electron chi connectivity index (χ4n) is 7.05. The third-order valence-corrected chi connectivity index (χ3v) is 9.15. The van der Waals surface area contributed by atoms with E-state index in [4.69, 9.17) is 9.47 Å². The summed E-state index contributed by atoms with van der Waals surface area (Å²) < 4.78 is 15.2. The van der Waals surface area contributed by atoms with E-state index in [9.17, 15) is 0 Å². The zero-order valence-corrected chi connectivity index (χ0v) is 24.7. The van der Waals surface area contributed by atoms with E-state index in [0.29, 0.717) is 0 Å². The molecule has 10 rings (SSSR count). The van der Waals surface area contributed by atoms with Crippen molar-refractivity contribution in [2.75, 3.05) is 4.90 Å². The molecule has 0 unspecified atom stereocenters. The lowest BCUT2D eigenvalue weighted by atomic mass is 9.99. The molecule has 0 aliphatic carbocycles. The van der Waals surface area contributed by atoms with Crippen LogP contribution >= 0.6 is 0 Å². The summed E-state index contributed by atoms with van der Waals surface area (Å²) >= 11 is 0. The van der Waals surface area contributed by atoms with E-state index in [-0.39, 0.29) is 0 Å². The van der Waals surface area contributed by atoms with Crippen LogP contribution in [0.2, 0.25) is 0 Å². The van der Waals surface area contributed by atoms with Crippen LogP contribution in [-0.2, 0) is 0 Å². The van der Waals surface area contributed by atoms with Crippen LogP contribution in [0.25, 0.3) is 49.7 Å². The van der Waals surface area contributed by atoms with Gasteiger partial charge in [0, 0.05) is 16.5 Å². The van der Waals surface area contributed by atoms with Crippen molar-refractivity contribution in [2.24, 2.45) is 0 Å². The molecule has 4 heteroatoms. The molecule has 0 fully saturated rings. The van der Waals surface area contributed by atoms with Gasteiger partial charge in [-0.3, -0.25) is 4.90 Å². The number of para-hydroxylation sites is 4. The van der Waals surface area contributed by atoms with E-state index in [2.05, 4.69) is 131 Å². The number of hydrogen-bond acceptors (Lipinski definition) is 3. The van der Waals surface area contributed by atoms with E-state index in [1.165, 1.54) is 32.9 Å². The first-order valence-corrected chi connectivity index (χ1v) is 15.5. The van der Waals surface area contributed by atoms with Gasteiger partial charge in [0.2, 0.25) is 0 Å². The predicted octanol–water partition coefficient (Wildman–Crippen LogP) is 11.8. The standard InChI is InChI=1S/C42H26N2O2/c1-3-10-27(11-4-1)28-18-21-34-32(24-28)33-25-29(19-22-35(33)43(34)31-12-5-2-6-13-31)30-20-23-37-41(26-30)46-40-17-9-16-39-42(40)44(37)36-14-7-8-15-38(36)45-39/h1-26H. The lowest BCUT2D eigenvalue weighted by Gasteiger charge is -2.37. The molecule has 0 amide bonds. The van der Waals surface area contributed by atoms with Crippen LogP contribution in [0.15, 0.2) is 158 Å². The number of nitrogens with zero attached hydrogens (tertiary/aromatic N) is 2. The zero-order valence-electron chi connectivity index (χ0n) is 24.7. The maximum Gasteiger partial charge on any atom is 0.155 e. The number of benzene rings is 7. The number of fused-ring (bicyclic) bond motifs is 7.